The number of benzene rings is 1. The number of sulfonamides is 1. The third kappa shape index (κ3) is 3.69. The van der Waals surface area contributed by atoms with Crippen LogP contribution >= 0.6 is 11.3 Å². The van der Waals surface area contributed by atoms with Crippen molar-refractivity contribution in [3.63, 3.8) is 0 Å². The van der Waals surface area contributed by atoms with Crippen molar-refractivity contribution in [3.05, 3.63) is 52.8 Å². The lowest BCUT2D eigenvalue weighted by molar-refractivity contribution is 0.575. The second-order valence-corrected chi connectivity index (χ2v) is 8.13. The molecule has 3 rings (SSSR count). The fourth-order valence-corrected chi connectivity index (χ4v) is 3.74. The Morgan fingerprint density at radius 2 is 2.00 bits per heavy atom. The fraction of sp³-hybridized carbons (Fsp3) is 0.200. The number of hydrogen-bond acceptors (Lipinski definition) is 5. The van der Waals surface area contributed by atoms with Gasteiger partial charge in [0.05, 0.1) is 18.1 Å². The highest BCUT2D eigenvalue weighted by atomic mass is 32.2. The molecule has 1 aromatic carbocycles. The van der Waals surface area contributed by atoms with Crippen LogP contribution in [-0.2, 0) is 16.6 Å². The van der Waals surface area contributed by atoms with Crippen molar-refractivity contribution in [3.8, 4) is 10.4 Å². The molecule has 0 aliphatic carbocycles. The summed E-state index contributed by atoms with van der Waals surface area (Å²) in [5.74, 6) is -0.321. The molecule has 0 radical (unpaired) electrons. The van der Waals surface area contributed by atoms with E-state index in [0.29, 0.717) is 10.2 Å². The van der Waals surface area contributed by atoms with Gasteiger partial charge in [-0.15, -0.1) is 11.3 Å². The predicted octanol–water partition coefficient (Wildman–Crippen LogP) is 1.81. The Bertz CT molecular complexity index is 1040. The summed E-state index contributed by atoms with van der Waals surface area (Å²) >= 11 is 1.28. The van der Waals surface area contributed by atoms with E-state index in [1.165, 1.54) is 34.4 Å². The first kappa shape index (κ1) is 16.7. The lowest BCUT2D eigenvalue weighted by atomic mass is 10.2. The fourth-order valence-electron chi connectivity index (χ4n) is 2.21. The lowest BCUT2D eigenvalue weighted by Gasteiger charge is -2.05. The maximum absolute atomic E-state index is 13.0. The molecule has 0 amide bonds. The van der Waals surface area contributed by atoms with Crippen molar-refractivity contribution in [2.24, 2.45) is 0 Å². The van der Waals surface area contributed by atoms with E-state index in [0.717, 1.165) is 16.7 Å². The smallest absolute Gasteiger partial charge is 0.271 e. The molecule has 0 aliphatic rings. The Morgan fingerprint density at radius 1 is 1.29 bits per heavy atom. The summed E-state index contributed by atoms with van der Waals surface area (Å²) in [4.78, 5) is 17.5. The van der Waals surface area contributed by atoms with E-state index in [4.69, 9.17) is 0 Å². The molecule has 24 heavy (non-hydrogen) atoms. The van der Waals surface area contributed by atoms with E-state index >= 15 is 0 Å². The Hall–Kier alpha value is -2.10. The zero-order valence-corrected chi connectivity index (χ0v) is 14.3. The molecule has 0 fully saturated rings. The van der Waals surface area contributed by atoms with Crippen LogP contribution in [-0.4, -0.2) is 30.8 Å². The Balaban J connectivity index is 1.91. The van der Waals surface area contributed by atoms with Gasteiger partial charge >= 0.3 is 0 Å². The molecular formula is C15H14FN3O3S2. The standard InChI is InChI=1S/C15H14FN3O3S2/c1-24(21,22)18-6-7-19-9-17-12-8-13(23-14(12)15(19)20)10-2-4-11(16)5-3-10/h2-5,8-9,18H,6-7H2,1H3. The molecule has 0 unspecified atom stereocenters. The van der Waals surface area contributed by atoms with Crippen LogP contribution < -0.4 is 10.3 Å². The number of rotatable bonds is 5. The first-order valence-electron chi connectivity index (χ1n) is 7.03. The molecule has 0 aliphatic heterocycles. The lowest BCUT2D eigenvalue weighted by Crippen LogP contribution is -2.30. The maximum Gasteiger partial charge on any atom is 0.271 e. The molecule has 0 saturated heterocycles. The summed E-state index contributed by atoms with van der Waals surface area (Å²) in [6.07, 6.45) is 2.46. The van der Waals surface area contributed by atoms with Gasteiger partial charge in [-0.25, -0.2) is 22.5 Å². The van der Waals surface area contributed by atoms with Gasteiger partial charge in [-0.05, 0) is 23.8 Å². The van der Waals surface area contributed by atoms with Gasteiger partial charge < -0.3 is 0 Å². The number of aromatic nitrogens is 2. The van der Waals surface area contributed by atoms with Gasteiger partial charge in [0, 0.05) is 18.0 Å². The van der Waals surface area contributed by atoms with Crippen molar-refractivity contribution in [1.82, 2.24) is 14.3 Å². The van der Waals surface area contributed by atoms with Crippen LogP contribution in [0.4, 0.5) is 4.39 Å². The van der Waals surface area contributed by atoms with Crippen LogP contribution in [0.1, 0.15) is 0 Å². The molecule has 126 valence electrons. The topological polar surface area (TPSA) is 81.1 Å². The molecule has 0 atom stereocenters. The molecule has 1 N–H and O–H groups in total. The van der Waals surface area contributed by atoms with Crippen molar-refractivity contribution < 1.29 is 12.8 Å². The van der Waals surface area contributed by atoms with E-state index in [1.54, 1.807) is 18.2 Å². The van der Waals surface area contributed by atoms with E-state index in [9.17, 15) is 17.6 Å². The van der Waals surface area contributed by atoms with Crippen LogP contribution in [0.25, 0.3) is 20.7 Å². The van der Waals surface area contributed by atoms with E-state index in [1.807, 2.05) is 0 Å². The summed E-state index contributed by atoms with van der Waals surface area (Å²) in [5, 5.41) is 0. The summed E-state index contributed by atoms with van der Waals surface area (Å²) < 4.78 is 39.3. The van der Waals surface area contributed by atoms with Gasteiger partial charge in [0.25, 0.3) is 5.56 Å². The van der Waals surface area contributed by atoms with Gasteiger partial charge in [-0.1, -0.05) is 12.1 Å². The molecule has 2 aromatic heterocycles. The summed E-state index contributed by atoms with van der Waals surface area (Å²) in [5.41, 5.74) is 1.15. The second-order valence-electron chi connectivity index (χ2n) is 5.24. The van der Waals surface area contributed by atoms with E-state index in [-0.39, 0.29) is 24.5 Å². The predicted molar refractivity (Wildman–Crippen MR) is 92.1 cm³/mol. The van der Waals surface area contributed by atoms with Crippen LogP contribution in [0.5, 0.6) is 0 Å². The van der Waals surface area contributed by atoms with Gasteiger partial charge in [-0.2, -0.15) is 0 Å². The monoisotopic (exact) mass is 367 g/mol. The normalized spacial score (nSPS) is 11.9. The van der Waals surface area contributed by atoms with Crippen molar-refractivity contribution in [2.75, 3.05) is 12.8 Å². The molecule has 0 spiro atoms. The number of nitrogens with zero attached hydrogens (tertiary/aromatic N) is 2. The Labute approximate surface area is 141 Å². The first-order valence-corrected chi connectivity index (χ1v) is 9.74. The van der Waals surface area contributed by atoms with Gasteiger partial charge in [0.2, 0.25) is 10.0 Å². The SMILES string of the molecule is CS(=O)(=O)NCCn1cnc2cc(-c3ccc(F)cc3)sc2c1=O. The van der Waals surface area contributed by atoms with Crippen LogP contribution in [0.15, 0.2) is 41.5 Å². The van der Waals surface area contributed by atoms with Crippen molar-refractivity contribution >= 4 is 31.6 Å². The highest BCUT2D eigenvalue weighted by Gasteiger charge is 2.11. The van der Waals surface area contributed by atoms with Gasteiger partial charge in [-0.3, -0.25) is 9.36 Å². The largest absolute Gasteiger partial charge is 0.297 e. The zero-order chi connectivity index (χ0) is 17.3. The number of hydrogen-bond donors (Lipinski definition) is 1. The number of thiophene rings is 1. The quantitative estimate of drug-likeness (QED) is 0.746. The van der Waals surface area contributed by atoms with Crippen LogP contribution in [0.3, 0.4) is 0 Å². The number of fused-ring (bicyclic) bond motifs is 1. The third-order valence-corrected chi connectivity index (χ3v) is 5.24. The second kappa shape index (κ2) is 6.42. The molecule has 2 heterocycles. The van der Waals surface area contributed by atoms with Crippen LogP contribution in [0.2, 0.25) is 0 Å². The maximum atomic E-state index is 13.0. The zero-order valence-electron chi connectivity index (χ0n) is 12.7. The minimum atomic E-state index is -3.30. The summed E-state index contributed by atoms with van der Waals surface area (Å²) in [6.45, 7) is 0.306. The Kier molecular flexibility index (Phi) is 4.48. The average molecular weight is 367 g/mol. The third-order valence-electron chi connectivity index (χ3n) is 3.35. The molecule has 3 aromatic rings. The van der Waals surface area contributed by atoms with Gasteiger partial charge in [0.1, 0.15) is 10.5 Å². The average Bonchev–Trinajstić information content (AvgIpc) is 2.94. The van der Waals surface area contributed by atoms with Crippen LogP contribution in [0, 0.1) is 5.82 Å². The minimum absolute atomic E-state index is 0.113. The number of nitrogens with one attached hydrogen (secondary N) is 1. The first-order chi connectivity index (χ1) is 11.3. The highest BCUT2D eigenvalue weighted by Crippen LogP contribution is 2.30. The van der Waals surface area contributed by atoms with Crippen molar-refractivity contribution in [2.45, 2.75) is 6.54 Å². The molecule has 0 bridgehead atoms. The molecule has 6 nitrogen and oxygen atoms in total. The van der Waals surface area contributed by atoms with E-state index < -0.39 is 10.0 Å². The number of halogens is 1. The Morgan fingerprint density at radius 3 is 2.67 bits per heavy atom. The summed E-state index contributed by atoms with van der Waals surface area (Å²) in [7, 11) is -3.30. The molecule has 0 saturated carbocycles. The summed E-state index contributed by atoms with van der Waals surface area (Å²) in [6, 6.07) is 7.81. The molecule has 9 heteroatoms. The minimum Gasteiger partial charge on any atom is -0.297 e. The highest BCUT2D eigenvalue weighted by molar-refractivity contribution is 7.88. The molecular weight excluding hydrogens is 353 g/mol. The van der Waals surface area contributed by atoms with Gasteiger partial charge in [0.15, 0.2) is 0 Å². The van der Waals surface area contributed by atoms with Crippen molar-refractivity contribution in [1.29, 1.82) is 0 Å². The van der Waals surface area contributed by atoms with E-state index in [2.05, 4.69) is 9.71 Å².